The highest BCUT2D eigenvalue weighted by Gasteiger charge is 2.07. The first-order chi connectivity index (χ1) is 3.93. The Bertz CT molecular complexity index is 77.0. The molecule has 0 aromatic heterocycles. The molecule has 1 aliphatic heterocycles. The average Bonchev–Trinajstić information content (AvgIpc) is 1.90. The maximum Gasteiger partial charge on any atom is -0.00433 e. The molecular formula is C7H14ClN. The molecule has 0 bridgehead atoms. The molecule has 1 rings (SSSR count). The zero-order valence-corrected chi connectivity index (χ0v) is 6.41. The van der Waals surface area contributed by atoms with Gasteiger partial charge in [0.1, 0.15) is 0 Å². The van der Waals surface area contributed by atoms with Crippen LogP contribution in [0.3, 0.4) is 0 Å². The van der Waals surface area contributed by atoms with E-state index in [-0.39, 0.29) is 12.4 Å². The molecule has 0 radical (unpaired) electrons. The monoisotopic (exact) mass is 147 g/mol. The molecule has 1 fully saturated rings. The smallest absolute Gasteiger partial charge is 0.00433 e. The van der Waals surface area contributed by atoms with Crippen molar-refractivity contribution in [3.05, 3.63) is 12.7 Å². The van der Waals surface area contributed by atoms with Crippen LogP contribution in [0.2, 0.25) is 0 Å². The standard InChI is InChI=1S/C7H13N.ClH/c1-2-7-3-5-8-6-4-7;/h2,7-8H,1,3-6H2;1H. The predicted molar refractivity (Wildman–Crippen MR) is 43.0 cm³/mol. The summed E-state index contributed by atoms with van der Waals surface area (Å²) in [4.78, 5) is 0. The van der Waals surface area contributed by atoms with E-state index in [1.165, 1.54) is 25.9 Å². The Morgan fingerprint density at radius 1 is 1.33 bits per heavy atom. The van der Waals surface area contributed by atoms with Crippen LogP contribution in [-0.2, 0) is 0 Å². The molecule has 0 amide bonds. The third-order valence-corrected chi connectivity index (χ3v) is 1.72. The van der Waals surface area contributed by atoms with E-state index in [0.29, 0.717) is 0 Å². The van der Waals surface area contributed by atoms with E-state index in [1.54, 1.807) is 0 Å². The summed E-state index contributed by atoms with van der Waals surface area (Å²) in [6.07, 6.45) is 4.63. The summed E-state index contributed by atoms with van der Waals surface area (Å²) in [6.45, 7) is 6.11. The minimum Gasteiger partial charge on any atom is -0.317 e. The van der Waals surface area contributed by atoms with Gasteiger partial charge in [0.25, 0.3) is 0 Å². The number of allylic oxidation sites excluding steroid dienone is 1. The molecule has 0 spiro atoms. The lowest BCUT2D eigenvalue weighted by molar-refractivity contribution is 0.437. The lowest BCUT2D eigenvalue weighted by Gasteiger charge is -2.18. The molecule has 9 heavy (non-hydrogen) atoms. The average molecular weight is 148 g/mol. The number of rotatable bonds is 1. The first kappa shape index (κ1) is 8.99. The Kier molecular flexibility index (Phi) is 4.83. The van der Waals surface area contributed by atoms with Crippen molar-refractivity contribution < 1.29 is 0 Å². The molecular weight excluding hydrogens is 134 g/mol. The molecule has 1 nitrogen and oxygen atoms in total. The van der Waals surface area contributed by atoms with Gasteiger partial charge < -0.3 is 5.32 Å². The lowest BCUT2D eigenvalue weighted by atomic mass is 9.99. The summed E-state index contributed by atoms with van der Waals surface area (Å²) in [5, 5.41) is 3.30. The van der Waals surface area contributed by atoms with Crippen molar-refractivity contribution in [2.75, 3.05) is 13.1 Å². The second-order valence-electron chi connectivity index (χ2n) is 2.32. The number of hydrogen-bond donors (Lipinski definition) is 1. The van der Waals surface area contributed by atoms with E-state index in [0.717, 1.165) is 5.92 Å². The van der Waals surface area contributed by atoms with E-state index in [9.17, 15) is 0 Å². The molecule has 54 valence electrons. The number of piperidine rings is 1. The highest BCUT2D eigenvalue weighted by atomic mass is 35.5. The van der Waals surface area contributed by atoms with Crippen molar-refractivity contribution in [3.8, 4) is 0 Å². The molecule has 1 saturated heterocycles. The van der Waals surface area contributed by atoms with E-state index < -0.39 is 0 Å². The van der Waals surface area contributed by atoms with Crippen LogP contribution in [0.15, 0.2) is 12.7 Å². The van der Waals surface area contributed by atoms with Crippen LogP contribution < -0.4 is 5.32 Å². The van der Waals surface area contributed by atoms with Crippen LogP contribution in [-0.4, -0.2) is 13.1 Å². The molecule has 0 aliphatic carbocycles. The van der Waals surface area contributed by atoms with E-state index in [1.807, 2.05) is 0 Å². The van der Waals surface area contributed by atoms with Crippen LogP contribution in [0.1, 0.15) is 12.8 Å². The summed E-state index contributed by atoms with van der Waals surface area (Å²) < 4.78 is 0. The Morgan fingerprint density at radius 3 is 2.22 bits per heavy atom. The summed E-state index contributed by atoms with van der Waals surface area (Å²) in [5.41, 5.74) is 0. The van der Waals surface area contributed by atoms with Gasteiger partial charge in [-0.15, -0.1) is 19.0 Å². The fraction of sp³-hybridized carbons (Fsp3) is 0.714. The first-order valence-electron chi connectivity index (χ1n) is 3.27. The molecule has 0 aromatic carbocycles. The van der Waals surface area contributed by atoms with Gasteiger partial charge in [0.15, 0.2) is 0 Å². The van der Waals surface area contributed by atoms with Gasteiger partial charge in [-0.3, -0.25) is 0 Å². The van der Waals surface area contributed by atoms with Crippen molar-refractivity contribution in [2.45, 2.75) is 12.8 Å². The van der Waals surface area contributed by atoms with Crippen LogP contribution >= 0.6 is 12.4 Å². The zero-order valence-electron chi connectivity index (χ0n) is 5.60. The Hall–Kier alpha value is -0.0100. The molecule has 0 atom stereocenters. The van der Waals surface area contributed by atoms with Crippen LogP contribution in [0.4, 0.5) is 0 Å². The Morgan fingerprint density at radius 2 is 1.89 bits per heavy atom. The summed E-state index contributed by atoms with van der Waals surface area (Å²) in [5.74, 6) is 0.788. The third kappa shape index (κ3) is 2.87. The van der Waals surface area contributed by atoms with Gasteiger partial charge in [-0.2, -0.15) is 0 Å². The SMILES string of the molecule is C=CC1CCNCC1.Cl. The van der Waals surface area contributed by atoms with E-state index in [4.69, 9.17) is 0 Å². The zero-order chi connectivity index (χ0) is 5.82. The van der Waals surface area contributed by atoms with Crippen LogP contribution in [0.25, 0.3) is 0 Å². The fourth-order valence-electron chi connectivity index (χ4n) is 1.08. The highest BCUT2D eigenvalue weighted by Crippen LogP contribution is 2.10. The fourth-order valence-corrected chi connectivity index (χ4v) is 1.08. The normalized spacial score (nSPS) is 20.4. The highest BCUT2D eigenvalue weighted by molar-refractivity contribution is 5.85. The molecule has 0 saturated carbocycles. The molecule has 1 aliphatic rings. The van der Waals surface area contributed by atoms with Gasteiger partial charge in [0.2, 0.25) is 0 Å². The molecule has 2 heteroatoms. The van der Waals surface area contributed by atoms with Crippen LogP contribution in [0.5, 0.6) is 0 Å². The lowest BCUT2D eigenvalue weighted by Crippen LogP contribution is -2.26. The Balaban J connectivity index is 0.000000640. The number of hydrogen-bond acceptors (Lipinski definition) is 1. The second-order valence-corrected chi connectivity index (χ2v) is 2.32. The van der Waals surface area contributed by atoms with Crippen molar-refractivity contribution in [3.63, 3.8) is 0 Å². The minimum absolute atomic E-state index is 0. The number of halogens is 1. The third-order valence-electron chi connectivity index (χ3n) is 1.72. The van der Waals surface area contributed by atoms with Crippen molar-refractivity contribution in [1.82, 2.24) is 5.32 Å². The molecule has 0 unspecified atom stereocenters. The largest absolute Gasteiger partial charge is 0.317 e. The summed E-state index contributed by atoms with van der Waals surface area (Å²) in [6, 6.07) is 0. The molecule has 1 N–H and O–H groups in total. The number of nitrogens with one attached hydrogen (secondary N) is 1. The molecule has 1 heterocycles. The van der Waals surface area contributed by atoms with Gasteiger partial charge in [-0.1, -0.05) is 6.08 Å². The van der Waals surface area contributed by atoms with Crippen molar-refractivity contribution in [2.24, 2.45) is 5.92 Å². The Labute approximate surface area is 62.9 Å². The van der Waals surface area contributed by atoms with E-state index >= 15 is 0 Å². The van der Waals surface area contributed by atoms with Crippen LogP contribution in [0, 0.1) is 5.92 Å². The molecule has 0 aromatic rings. The maximum atomic E-state index is 3.76. The first-order valence-corrected chi connectivity index (χ1v) is 3.27. The summed E-state index contributed by atoms with van der Waals surface area (Å²) >= 11 is 0. The second kappa shape index (κ2) is 4.83. The van der Waals surface area contributed by atoms with Gasteiger partial charge in [0, 0.05) is 0 Å². The maximum absolute atomic E-state index is 3.76. The summed E-state index contributed by atoms with van der Waals surface area (Å²) in [7, 11) is 0. The van der Waals surface area contributed by atoms with Gasteiger partial charge in [-0.25, -0.2) is 0 Å². The predicted octanol–water partition coefficient (Wildman–Crippen LogP) is 1.59. The van der Waals surface area contributed by atoms with Crippen molar-refractivity contribution in [1.29, 1.82) is 0 Å². The van der Waals surface area contributed by atoms with Crippen molar-refractivity contribution >= 4 is 12.4 Å². The topological polar surface area (TPSA) is 12.0 Å². The quantitative estimate of drug-likeness (QED) is 0.556. The van der Waals surface area contributed by atoms with Gasteiger partial charge in [-0.05, 0) is 31.8 Å². The minimum atomic E-state index is 0. The van der Waals surface area contributed by atoms with Gasteiger partial charge >= 0.3 is 0 Å². The van der Waals surface area contributed by atoms with Gasteiger partial charge in [0.05, 0.1) is 0 Å². The van der Waals surface area contributed by atoms with E-state index in [2.05, 4.69) is 18.0 Å².